The Kier molecular flexibility index (Phi) is 3.33. The summed E-state index contributed by atoms with van der Waals surface area (Å²) in [5.41, 5.74) is 4.99. The van der Waals surface area contributed by atoms with Gasteiger partial charge in [0.2, 0.25) is 0 Å². The van der Waals surface area contributed by atoms with Crippen LogP contribution >= 0.6 is 0 Å². The lowest BCUT2D eigenvalue weighted by Gasteiger charge is -2.52. The Labute approximate surface area is 129 Å². The second kappa shape index (κ2) is 4.71. The molecule has 21 heavy (non-hydrogen) atoms. The Bertz CT molecular complexity index is 582. The maximum absolute atomic E-state index is 10.6. The molecule has 0 spiro atoms. The first kappa shape index (κ1) is 14.8. The molecule has 1 aromatic rings. The first-order valence-electron chi connectivity index (χ1n) is 8.30. The minimum Gasteiger partial charge on any atom is -0.386 e. The van der Waals surface area contributed by atoms with E-state index in [-0.39, 0.29) is 5.41 Å². The molecule has 1 aromatic carbocycles. The van der Waals surface area contributed by atoms with Crippen molar-refractivity contribution in [2.75, 3.05) is 0 Å². The molecule has 1 N–H and O–H groups in total. The van der Waals surface area contributed by atoms with Gasteiger partial charge in [0.1, 0.15) is 0 Å². The molecule has 0 aromatic heterocycles. The zero-order valence-electron chi connectivity index (χ0n) is 13.9. The van der Waals surface area contributed by atoms with Crippen LogP contribution in [-0.4, -0.2) is 10.7 Å². The van der Waals surface area contributed by atoms with Crippen molar-refractivity contribution >= 4 is 0 Å². The monoisotopic (exact) mass is 284 g/mol. The number of hydrogen-bond donors (Lipinski definition) is 1. The average Bonchev–Trinajstić information content (AvgIpc) is 2.43. The normalized spacial score (nSPS) is 35.5. The summed E-state index contributed by atoms with van der Waals surface area (Å²) in [6, 6.07) is 7.06. The SMILES string of the molecule is C=C1[C@@H]2CCc3cc(C(C)C)ccc3[C@@]2(C)CC[C@]1(C)O. The largest absolute Gasteiger partial charge is 0.386 e. The van der Waals surface area contributed by atoms with Crippen LogP contribution in [0.15, 0.2) is 30.4 Å². The van der Waals surface area contributed by atoms with Crippen molar-refractivity contribution in [2.45, 2.75) is 70.3 Å². The van der Waals surface area contributed by atoms with E-state index >= 15 is 0 Å². The molecule has 0 bridgehead atoms. The Morgan fingerprint density at radius 2 is 1.95 bits per heavy atom. The van der Waals surface area contributed by atoms with Crippen LogP contribution in [0.5, 0.6) is 0 Å². The predicted molar refractivity (Wildman–Crippen MR) is 88.7 cm³/mol. The lowest BCUT2D eigenvalue weighted by atomic mass is 9.54. The molecule has 1 heteroatoms. The number of hydrogen-bond acceptors (Lipinski definition) is 1. The fourth-order valence-electron chi connectivity index (χ4n) is 4.45. The summed E-state index contributed by atoms with van der Waals surface area (Å²) in [6.45, 7) is 13.1. The molecule has 114 valence electrons. The van der Waals surface area contributed by atoms with Gasteiger partial charge in [-0.05, 0) is 72.1 Å². The van der Waals surface area contributed by atoms with Gasteiger partial charge in [-0.25, -0.2) is 0 Å². The first-order valence-corrected chi connectivity index (χ1v) is 8.30. The van der Waals surface area contributed by atoms with Crippen LogP contribution in [0.1, 0.15) is 69.6 Å². The highest BCUT2D eigenvalue weighted by Gasteiger charge is 2.49. The van der Waals surface area contributed by atoms with Gasteiger partial charge in [-0.2, -0.15) is 0 Å². The molecule has 2 aliphatic rings. The quantitative estimate of drug-likeness (QED) is 0.739. The predicted octanol–water partition coefficient (Wildman–Crippen LogP) is 4.73. The molecule has 0 unspecified atom stereocenters. The zero-order valence-corrected chi connectivity index (χ0v) is 13.9. The van der Waals surface area contributed by atoms with Crippen LogP contribution in [-0.2, 0) is 11.8 Å². The molecule has 0 amide bonds. The molecular formula is C20H28O. The highest BCUT2D eigenvalue weighted by atomic mass is 16.3. The smallest absolute Gasteiger partial charge is 0.0829 e. The van der Waals surface area contributed by atoms with Gasteiger partial charge in [0.15, 0.2) is 0 Å². The molecule has 1 fully saturated rings. The highest BCUT2D eigenvalue weighted by molar-refractivity contribution is 5.44. The Hall–Kier alpha value is -1.08. The molecule has 2 aliphatic carbocycles. The van der Waals surface area contributed by atoms with E-state index in [1.807, 2.05) is 6.92 Å². The lowest BCUT2D eigenvalue weighted by Crippen LogP contribution is -2.49. The van der Waals surface area contributed by atoms with Gasteiger partial charge in [-0.15, -0.1) is 0 Å². The summed E-state index contributed by atoms with van der Waals surface area (Å²) in [5.74, 6) is 1.00. The third kappa shape index (κ3) is 2.17. The second-order valence-electron chi connectivity index (χ2n) is 7.88. The third-order valence-electron chi connectivity index (χ3n) is 6.13. The lowest BCUT2D eigenvalue weighted by molar-refractivity contribution is 0.0264. The van der Waals surface area contributed by atoms with Crippen molar-refractivity contribution in [3.05, 3.63) is 47.0 Å². The van der Waals surface area contributed by atoms with Crippen LogP contribution in [0.3, 0.4) is 0 Å². The number of fused-ring (bicyclic) bond motifs is 3. The van der Waals surface area contributed by atoms with Crippen molar-refractivity contribution in [3.8, 4) is 0 Å². The molecule has 3 atom stereocenters. The van der Waals surface area contributed by atoms with E-state index in [2.05, 4.69) is 45.5 Å². The second-order valence-corrected chi connectivity index (χ2v) is 7.88. The molecule has 0 saturated heterocycles. The molecular weight excluding hydrogens is 256 g/mol. The Morgan fingerprint density at radius 1 is 1.24 bits per heavy atom. The van der Waals surface area contributed by atoms with Gasteiger partial charge in [-0.1, -0.05) is 45.5 Å². The average molecular weight is 284 g/mol. The van der Waals surface area contributed by atoms with E-state index < -0.39 is 5.60 Å². The summed E-state index contributed by atoms with van der Waals surface area (Å²) in [6.07, 6.45) is 4.12. The highest BCUT2D eigenvalue weighted by Crippen LogP contribution is 2.54. The van der Waals surface area contributed by atoms with E-state index in [0.717, 1.165) is 31.3 Å². The first-order chi connectivity index (χ1) is 9.75. The van der Waals surface area contributed by atoms with Gasteiger partial charge in [0, 0.05) is 0 Å². The fraction of sp³-hybridized carbons (Fsp3) is 0.600. The topological polar surface area (TPSA) is 20.2 Å². The molecule has 0 aliphatic heterocycles. The molecule has 3 rings (SSSR count). The van der Waals surface area contributed by atoms with E-state index in [0.29, 0.717) is 11.8 Å². The molecule has 0 radical (unpaired) electrons. The van der Waals surface area contributed by atoms with Crippen LogP contribution in [0.2, 0.25) is 0 Å². The minimum absolute atomic E-state index is 0.155. The summed E-state index contributed by atoms with van der Waals surface area (Å²) in [5, 5.41) is 10.6. The summed E-state index contributed by atoms with van der Waals surface area (Å²) in [7, 11) is 0. The summed E-state index contributed by atoms with van der Waals surface area (Å²) in [4.78, 5) is 0. The van der Waals surface area contributed by atoms with Gasteiger partial charge >= 0.3 is 0 Å². The van der Waals surface area contributed by atoms with E-state index in [9.17, 15) is 5.11 Å². The van der Waals surface area contributed by atoms with Crippen LogP contribution in [0.4, 0.5) is 0 Å². The number of rotatable bonds is 1. The minimum atomic E-state index is -0.681. The van der Waals surface area contributed by atoms with Gasteiger partial charge in [-0.3, -0.25) is 0 Å². The van der Waals surface area contributed by atoms with Gasteiger partial charge in [0.25, 0.3) is 0 Å². The van der Waals surface area contributed by atoms with E-state index in [1.165, 1.54) is 16.7 Å². The summed E-state index contributed by atoms with van der Waals surface area (Å²) < 4.78 is 0. The maximum Gasteiger partial charge on any atom is 0.0829 e. The van der Waals surface area contributed by atoms with Crippen LogP contribution < -0.4 is 0 Å². The van der Waals surface area contributed by atoms with Crippen LogP contribution in [0, 0.1) is 5.92 Å². The number of aliphatic hydroxyl groups is 1. The van der Waals surface area contributed by atoms with Crippen molar-refractivity contribution in [1.29, 1.82) is 0 Å². The zero-order chi connectivity index (χ0) is 15.4. The molecule has 1 saturated carbocycles. The van der Waals surface area contributed by atoms with E-state index in [1.54, 1.807) is 0 Å². The standard InChI is InChI=1S/C20H28O/c1-13(2)15-6-9-18-16(12-15)7-8-17-14(3)20(5,21)11-10-19(17,18)4/h6,9,12-13,17,21H,3,7-8,10-11H2,1-2,4-5H3/t17-,19-,20-/m0/s1. The number of benzene rings is 1. The van der Waals surface area contributed by atoms with Crippen molar-refractivity contribution in [1.82, 2.24) is 0 Å². The molecule has 0 heterocycles. The summed E-state index contributed by atoms with van der Waals surface area (Å²) >= 11 is 0. The van der Waals surface area contributed by atoms with Crippen molar-refractivity contribution < 1.29 is 5.11 Å². The van der Waals surface area contributed by atoms with Crippen molar-refractivity contribution in [2.24, 2.45) is 5.92 Å². The third-order valence-corrected chi connectivity index (χ3v) is 6.13. The van der Waals surface area contributed by atoms with Gasteiger partial charge in [0.05, 0.1) is 5.60 Å². The van der Waals surface area contributed by atoms with Gasteiger partial charge < -0.3 is 5.11 Å². The number of aryl methyl sites for hydroxylation is 1. The Morgan fingerprint density at radius 3 is 2.62 bits per heavy atom. The maximum atomic E-state index is 10.6. The molecule has 1 nitrogen and oxygen atoms in total. The van der Waals surface area contributed by atoms with Crippen molar-refractivity contribution in [3.63, 3.8) is 0 Å². The Balaban J connectivity index is 2.05. The van der Waals surface area contributed by atoms with Crippen LogP contribution in [0.25, 0.3) is 0 Å². The fourth-order valence-corrected chi connectivity index (χ4v) is 4.45. The van der Waals surface area contributed by atoms with E-state index in [4.69, 9.17) is 0 Å².